The molecule has 0 spiro atoms. The fourth-order valence-corrected chi connectivity index (χ4v) is 1.28. The van der Waals surface area contributed by atoms with Gasteiger partial charge in [-0.05, 0) is 18.6 Å². The first kappa shape index (κ1) is 11.3. The highest BCUT2D eigenvalue weighted by atomic mass is 16.5. The van der Waals surface area contributed by atoms with Crippen LogP contribution in [0.3, 0.4) is 0 Å². The fraction of sp³-hybridized carbons (Fsp3) is 0.250. The third-order valence-corrected chi connectivity index (χ3v) is 2.07. The molecule has 0 atom stereocenters. The normalized spacial score (nSPS) is 11.0. The van der Waals surface area contributed by atoms with E-state index in [9.17, 15) is 4.79 Å². The number of ether oxygens (including phenoxy) is 2. The molecule has 1 aromatic rings. The first-order valence-corrected chi connectivity index (χ1v) is 4.58. The zero-order chi connectivity index (χ0) is 11.3. The minimum Gasteiger partial charge on any atom is -0.496 e. The molecule has 0 bridgehead atoms. The molecule has 1 rings (SSSR count). The lowest BCUT2D eigenvalue weighted by Gasteiger charge is -2.07. The predicted molar refractivity (Wildman–Crippen MR) is 58.7 cm³/mol. The van der Waals surface area contributed by atoms with E-state index in [1.165, 1.54) is 13.2 Å². The Hall–Kier alpha value is -1.77. The highest BCUT2D eigenvalue weighted by Crippen LogP contribution is 2.24. The van der Waals surface area contributed by atoms with Gasteiger partial charge in [-0.3, -0.25) is 0 Å². The molecule has 0 saturated carbocycles. The summed E-state index contributed by atoms with van der Waals surface area (Å²) in [6, 6.07) is 7.53. The molecular formula is C12H14O3. The van der Waals surface area contributed by atoms with E-state index in [-0.39, 0.29) is 5.97 Å². The van der Waals surface area contributed by atoms with E-state index >= 15 is 0 Å². The second-order valence-electron chi connectivity index (χ2n) is 3.05. The molecule has 0 aliphatic heterocycles. The van der Waals surface area contributed by atoms with Crippen molar-refractivity contribution in [3.63, 3.8) is 0 Å². The Morgan fingerprint density at radius 2 is 1.93 bits per heavy atom. The number of carbonyl (C=O) groups is 1. The number of para-hydroxylation sites is 1. The van der Waals surface area contributed by atoms with Gasteiger partial charge < -0.3 is 9.47 Å². The van der Waals surface area contributed by atoms with E-state index in [1.807, 2.05) is 31.2 Å². The largest absolute Gasteiger partial charge is 0.496 e. The summed E-state index contributed by atoms with van der Waals surface area (Å²) >= 11 is 0. The average Bonchev–Trinajstić information content (AvgIpc) is 2.28. The lowest BCUT2D eigenvalue weighted by Crippen LogP contribution is -1.97. The summed E-state index contributed by atoms with van der Waals surface area (Å²) in [7, 11) is 2.96. The van der Waals surface area contributed by atoms with Crippen LogP contribution in [0.2, 0.25) is 0 Å². The zero-order valence-electron chi connectivity index (χ0n) is 9.11. The van der Waals surface area contributed by atoms with Gasteiger partial charge in [0.25, 0.3) is 0 Å². The van der Waals surface area contributed by atoms with E-state index in [0.29, 0.717) is 0 Å². The van der Waals surface area contributed by atoms with E-state index in [1.54, 1.807) is 7.11 Å². The van der Waals surface area contributed by atoms with E-state index in [0.717, 1.165) is 16.9 Å². The Bertz CT molecular complexity index is 380. The van der Waals surface area contributed by atoms with Crippen LogP contribution in [0.5, 0.6) is 5.75 Å². The standard InChI is InChI=1S/C12H14O3/c1-9(8-12(13)15-3)10-6-4-5-7-11(10)14-2/h4-8H,1-3H3/b9-8-. The van der Waals surface area contributed by atoms with Crippen molar-refractivity contribution in [2.75, 3.05) is 14.2 Å². The number of rotatable bonds is 3. The maximum Gasteiger partial charge on any atom is 0.330 e. The lowest BCUT2D eigenvalue weighted by molar-refractivity contribution is -0.134. The molecule has 1 aromatic carbocycles. The number of benzene rings is 1. The lowest BCUT2D eigenvalue weighted by atomic mass is 10.1. The molecule has 0 radical (unpaired) electrons. The van der Waals surface area contributed by atoms with Gasteiger partial charge in [-0.1, -0.05) is 18.2 Å². The third-order valence-electron chi connectivity index (χ3n) is 2.07. The van der Waals surface area contributed by atoms with Crippen LogP contribution in [0.1, 0.15) is 12.5 Å². The molecule has 0 aliphatic carbocycles. The van der Waals surface area contributed by atoms with Gasteiger partial charge >= 0.3 is 5.97 Å². The molecule has 0 aromatic heterocycles. The molecule has 0 amide bonds. The topological polar surface area (TPSA) is 35.5 Å². The van der Waals surface area contributed by atoms with Crippen LogP contribution in [-0.2, 0) is 9.53 Å². The quantitative estimate of drug-likeness (QED) is 0.562. The van der Waals surface area contributed by atoms with Crippen molar-refractivity contribution in [1.82, 2.24) is 0 Å². The second kappa shape index (κ2) is 5.20. The molecule has 0 unspecified atom stereocenters. The second-order valence-corrected chi connectivity index (χ2v) is 3.05. The summed E-state index contributed by atoms with van der Waals surface area (Å²) < 4.78 is 9.75. The summed E-state index contributed by atoms with van der Waals surface area (Å²) in [5.41, 5.74) is 1.71. The first-order valence-electron chi connectivity index (χ1n) is 4.58. The van der Waals surface area contributed by atoms with Crippen LogP contribution in [-0.4, -0.2) is 20.2 Å². The molecule has 0 fully saturated rings. The van der Waals surface area contributed by atoms with Crippen molar-refractivity contribution in [2.45, 2.75) is 6.92 Å². The Labute approximate surface area is 89.3 Å². The molecule has 0 saturated heterocycles. The number of hydrogen-bond acceptors (Lipinski definition) is 3. The van der Waals surface area contributed by atoms with Crippen LogP contribution in [0.4, 0.5) is 0 Å². The van der Waals surface area contributed by atoms with E-state index in [2.05, 4.69) is 4.74 Å². The van der Waals surface area contributed by atoms with Gasteiger partial charge in [-0.15, -0.1) is 0 Å². The van der Waals surface area contributed by atoms with Crippen molar-refractivity contribution in [1.29, 1.82) is 0 Å². The fourth-order valence-electron chi connectivity index (χ4n) is 1.28. The highest BCUT2D eigenvalue weighted by molar-refractivity contribution is 5.91. The summed E-state index contributed by atoms with van der Waals surface area (Å²) in [5.74, 6) is 0.383. The maximum atomic E-state index is 11.1. The smallest absolute Gasteiger partial charge is 0.330 e. The molecule has 15 heavy (non-hydrogen) atoms. The molecule has 0 aliphatic rings. The van der Waals surface area contributed by atoms with Gasteiger partial charge in [0.05, 0.1) is 14.2 Å². The molecule has 80 valence electrons. The summed E-state index contributed by atoms with van der Waals surface area (Å²) in [6.07, 6.45) is 1.44. The Morgan fingerprint density at radius 3 is 2.53 bits per heavy atom. The predicted octanol–water partition coefficient (Wildman–Crippen LogP) is 2.27. The summed E-state index contributed by atoms with van der Waals surface area (Å²) in [4.78, 5) is 11.1. The number of methoxy groups -OCH3 is 2. The number of allylic oxidation sites excluding steroid dienone is 1. The van der Waals surface area contributed by atoms with Crippen molar-refractivity contribution < 1.29 is 14.3 Å². The Balaban J connectivity index is 3.05. The van der Waals surface area contributed by atoms with Gasteiger partial charge in [-0.25, -0.2) is 4.79 Å². The van der Waals surface area contributed by atoms with Crippen LogP contribution >= 0.6 is 0 Å². The van der Waals surface area contributed by atoms with Crippen LogP contribution < -0.4 is 4.74 Å². The van der Waals surface area contributed by atoms with Crippen molar-refractivity contribution in [3.05, 3.63) is 35.9 Å². The van der Waals surface area contributed by atoms with Gasteiger partial charge in [0.15, 0.2) is 0 Å². The third kappa shape index (κ3) is 2.84. The molecule has 3 nitrogen and oxygen atoms in total. The van der Waals surface area contributed by atoms with Crippen molar-refractivity contribution in [3.8, 4) is 5.75 Å². The molecule has 0 N–H and O–H groups in total. The molecule has 3 heteroatoms. The SMILES string of the molecule is COC(=O)/C=C(/C)c1ccccc1OC. The van der Waals surface area contributed by atoms with Gasteiger partial charge in [0.2, 0.25) is 0 Å². The van der Waals surface area contributed by atoms with Crippen molar-refractivity contribution >= 4 is 11.5 Å². The first-order chi connectivity index (χ1) is 7.19. The van der Waals surface area contributed by atoms with E-state index < -0.39 is 0 Å². The number of carbonyl (C=O) groups excluding carboxylic acids is 1. The summed E-state index contributed by atoms with van der Waals surface area (Å²) in [6.45, 7) is 1.84. The van der Waals surface area contributed by atoms with Gasteiger partial charge in [0, 0.05) is 11.6 Å². The Morgan fingerprint density at radius 1 is 1.27 bits per heavy atom. The Kier molecular flexibility index (Phi) is 3.92. The van der Waals surface area contributed by atoms with Crippen LogP contribution in [0, 0.1) is 0 Å². The van der Waals surface area contributed by atoms with Crippen LogP contribution in [0.15, 0.2) is 30.3 Å². The zero-order valence-corrected chi connectivity index (χ0v) is 9.11. The number of hydrogen-bond donors (Lipinski definition) is 0. The van der Waals surface area contributed by atoms with Crippen LogP contribution in [0.25, 0.3) is 5.57 Å². The highest BCUT2D eigenvalue weighted by Gasteiger charge is 2.05. The van der Waals surface area contributed by atoms with Gasteiger partial charge in [0.1, 0.15) is 5.75 Å². The minimum absolute atomic E-state index is 0.363. The minimum atomic E-state index is -0.363. The maximum absolute atomic E-state index is 11.1. The average molecular weight is 206 g/mol. The molecule has 0 heterocycles. The summed E-state index contributed by atoms with van der Waals surface area (Å²) in [5, 5.41) is 0. The molecular weight excluding hydrogens is 192 g/mol. The van der Waals surface area contributed by atoms with Crippen molar-refractivity contribution in [2.24, 2.45) is 0 Å². The monoisotopic (exact) mass is 206 g/mol. The van der Waals surface area contributed by atoms with Gasteiger partial charge in [-0.2, -0.15) is 0 Å². The van der Waals surface area contributed by atoms with E-state index in [4.69, 9.17) is 4.74 Å². The number of esters is 1.